The van der Waals surface area contributed by atoms with Crippen molar-refractivity contribution in [3.8, 4) is 5.75 Å². The Morgan fingerprint density at radius 1 is 1.29 bits per heavy atom. The number of fused-ring (bicyclic) bond motifs is 2. The Morgan fingerprint density at radius 3 is 3.00 bits per heavy atom. The molecule has 0 atom stereocenters. The smallest absolute Gasteiger partial charge is 0.260 e. The summed E-state index contributed by atoms with van der Waals surface area (Å²) in [7, 11) is 1.60. The Hall–Kier alpha value is -2.43. The summed E-state index contributed by atoms with van der Waals surface area (Å²) in [6.07, 6.45) is 1.35. The van der Waals surface area contributed by atoms with Crippen LogP contribution in [0.15, 0.2) is 35.4 Å². The van der Waals surface area contributed by atoms with Crippen molar-refractivity contribution in [2.24, 2.45) is 0 Å². The standard InChI is InChI=1S/C12H9N3O2/c1-17-8-2-3-10-7(4-8)5-9-11(15-10)13-6-14-12(9)16/h2-6H,1H3,(H,13,14,15,16). The van der Waals surface area contributed by atoms with Crippen molar-refractivity contribution in [2.45, 2.75) is 0 Å². The van der Waals surface area contributed by atoms with Gasteiger partial charge in [-0.25, -0.2) is 9.97 Å². The third-order valence-electron chi connectivity index (χ3n) is 2.63. The van der Waals surface area contributed by atoms with Crippen LogP contribution in [0.1, 0.15) is 0 Å². The van der Waals surface area contributed by atoms with Crippen LogP contribution >= 0.6 is 0 Å². The largest absolute Gasteiger partial charge is 0.497 e. The third-order valence-corrected chi connectivity index (χ3v) is 2.63. The number of ether oxygens (including phenoxy) is 1. The van der Waals surface area contributed by atoms with Gasteiger partial charge in [0, 0.05) is 5.39 Å². The molecule has 0 amide bonds. The van der Waals surface area contributed by atoms with Gasteiger partial charge in [0.2, 0.25) is 0 Å². The molecular weight excluding hydrogens is 218 g/mol. The molecule has 0 bridgehead atoms. The summed E-state index contributed by atoms with van der Waals surface area (Å²) in [5.41, 5.74) is 1.05. The van der Waals surface area contributed by atoms with Gasteiger partial charge < -0.3 is 9.72 Å². The van der Waals surface area contributed by atoms with Crippen molar-refractivity contribution in [1.29, 1.82) is 0 Å². The van der Waals surface area contributed by atoms with Crippen LogP contribution in [0.4, 0.5) is 0 Å². The monoisotopic (exact) mass is 227 g/mol. The number of pyridine rings is 1. The van der Waals surface area contributed by atoms with Crippen LogP contribution in [0.3, 0.4) is 0 Å². The number of methoxy groups -OCH3 is 1. The van der Waals surface area contributed by atoms with Crippen molar-refractivity contribution < 1.29 is 4.74 Å². The summed E-state index contributed by atoms with van der Waals surface area (Å²) in [6, 6.07) is 7.28. The van der Waals surface area contributed by atoms with E-state index in [0.717, 1.165) is 16.7 Å². The number of aromatic amines is 1. The summed E-state index contributed by atoms with van der Waals surface area (Å²) in [5, 5.41) is 1.34. The first-order valence-electron chi connectivity index (χ1n) is 5.10. The molecule has 0 unspecified atom stereocenters. The maximum Gasteiger partial charge on any atom is 0.260 e. The van der Waals surface area contributed by atoms with E-state index in [1.165, 1.54) is 6.33 Å². The lowest BCUT2D eigenvalue weighted by atomic mass is 10.2. The third kappa shape index (κ3) is 1.52. The van der Waals surface area contributed by atoms with E-state index < -0.39 is 0 Å². The molecule has 2 heterocycles. The second kappa shape index (κ2) is 3.55. The van der Waals surface area contributed by atoms with E-state index in [-0.39, 0.29) is 5.56 Å². The molecule has 5 nitrogen and oxygen atoms in total. The molecule has 0 saturated carbocycles. The van der Waals surface area contributed by atoms with E-state index in [9.17, 15) is 4.79 Å². The molecule has 17 heavy (non-hydrogen) atoms. The summed E-state index contributed by atoms with van der Waals surface area (Å²) in [5.74, 6) is 0.735. The quantitative estimate of drug-likeness (QED) is 0.639. The van der Waals surface area contributed by atoms with Gasteiger partial charge in [-0.2, -0.15) is 0 Å². The fraction of sp³-hybridized carbons (Fsp3) is 0.0833. The van der Waals surface area contributed by atoms with Gasteiger partial charge >= 0.3 is 0 Å². The molecule has 0 aliphatic rings. The minimum absolute atomic E-state index is 0.188. The highest BCUT2D eigenvalue weighted by Gasteiger charge is 2.04. The summed E-state index contributed by atoms with van der Waals surface area (Å²) >= 11 is 0. The van der Waals surface area contributed by atoms with Crippen LogP contribution in [0.2, 0.25) is 0 Å². The maximum atomic E-state index is 11.6. The zero-order valence-electron chi connectivity index (χ0n) is 9.10. The SMILES string of the molecule is COc1ccc2nc3nc[nH]c(=O)c3cc2c1. The lowest BCUT2D eigenvalue weighted by Gasteiger charge is -2.02. The molecule has 0 aliphatic heterocycles. The Kier molecular flexibility index (Phi) is 2.04. The summed E-state index contributed by atoms with van der Waals surface area (Å²) in [6.45, 7) is 0. The molecule has 0 fully saturated rings. The Morgan fingerprint density at radius 2 is 2.18 bits per heavy atom. The predicted octanol–water partition coefficient (Wildman–Crippen LogP) is 1.48. The van der Waals surface area contributed by atoms with Crippen molar-refractivity contribution >= 4 is 21.9 Å². The molecule has 0 saturated heterocycles. The van der Waals surface area contributed by atoms with Crippen LogP contribution in [0.25, 0.3) is 21.9 Å². The number of rotatable bonds is 1. The van der Waals surface area contributed by atoms with Crippen LogP contribution in [-0.4, -0.2) is 22.1 Å². The van der Waals surface area contributed by atoms with Gasteiger partial charge in [0.05, 0.1) is 24.3 Å². The van der Waals surface area contributed by atoms with E-state index in [4.69, 9.17) is 4.74 Å². The van der Waals surface area contributed by atoms with Gasteiger partial charge in [0.25, 0.3) is 5.56 Å². The first-order chi connectivity index (χ1) is 8.28. The number of nitrogens with zero attached hydrogens (tertiary/aromatic N) is 2. The molecule has 3 rings (SSSR count). The van der Waals surface area contributed by atoms with Crippen molar-refractivity contribution in [2.75, 3.05) is 7.11 Å². The Balaban J connectivity index is 2.44. The van der Waals surface area contributed by atoms with E-state index >= 15 is 0 Å². The number of hydrogen-bond donors (Lipinski definition) is 1. The fourth-order valence-corrected chi connectivity index (χ4v) is 1.77. The Bertz CT molecular complexity index is 764. The molecule has 3 aromatic rings. The van der Waals surface area contributed by atoms with E-state index in [0.29, 0.717) is 11.0 Å². The maximum absolute atomic E-state index is 11.6. The van der Waals surface area contributed by atoms with E-state index in [1.807, 2.05) is 18.2 Å². The van der Waals surface area contributed by atoms with Crippen LogP contribution in [-0.2, 0) is 0 Å². The molecule has 0 radical (unpaired) electrons. The molecule has 0 aliphatic carbocycles. The molecular formula is C12H9N3O2. The van der Waals surface area contributed by atoms with Gasteiger partial charge in [-0.05, 0) is 24.3 Å². The van der Waals surface area contributed by atoms with Gasteiger partial charge in [-0.15, -0.1) is 0 Å². The van der Waals surface area contributed by atoms with Crippen LogP contribution in [0.5, 0.6) is 5.75 Å². The average Bonchev–Trinajstić information content (AvgIpc) is 2.37. The molecule has 1 aromatic carbocycles. The van der Waals surface area contributed by atoms with Crippen molar-refractivity contribution in [3.63, 3.8) is 0 Å². The van der Waals surface area contributed by atoms with Gasteiger partial charge in [0.1, 0.15) is 5.75 Å². The molecule has 1 N–H and O–H groups in total. The first-order valence-corrected chi connectivity index (χ1v) is 5.10. The lowest BCUT2D eigenvalue weighted by Crippen LogP contribution is -2.07. The van der Waals surface area contributed by atoms with Gasteiger partial charge in [-0.3, -0.25) is 4.79 Å². The second-order valence-electron chi connectivity index (χ2n) is 3.65. The highest BCUT2D eigenvalue weighted by atomic mass is 16.5. The number of hydrogen-bond acceptors (Lipinski definition) is 4. The molecule has 84 valence electrons. The van der Waals surface area contributed by atoms with Gasteiger partial charge in [0.15, 0.2) is 5.65 Å². The number of aromatic nitrogens is 3. The molecule has 5 heteroatoms. The average molecular weight is 227 g/mol. The number of benzene rings is 1. The van der Waals surface area contributed by atoms with Crippen LogP contribution < -0.4 is 10.3 Å². The number of H-pyrrole nitrogens is 1. The zero-order chi connectivity index (χ0) is 11.8. The second-order valence-corrected chi connectivity index (χ2v) is 3.65. The Labute approximate surface area is 96.1 Å². The summed E-state index contributed by atoms with van der Waals surface area (Å²) < 4.78 is 5.14. The minimum Gasteiger partial charge on any atom is -0.497 e. The molecule has 2 aromatic heterocycles. The van der Waals surface area contributed by atoms with Crippen LogP contribution in [0, 0.1) is 0 Å². The number of nitrogens with one attached hydrogen (secondary N) is 1. The van der Waals surface area contributed by atoms with Crippen molar-refractivity contribution in [3.05, 3.63) is 40.9 Å². The first kappa shape index (κ1) is 9.77. The highest BCUT2D eigenvalue weighted by Crippen LogP contribution is 2.21. The minimum atomic E-state index is -0.188. The highest BCUT2D eigenvalue weighted by molar-refractivity contribution is 5.91. The fourth-order valence-electron chi connectivity index (χ4n) is 1.77. The predicted molar refractivity (Wildman–Crippen MR) is 64.2 cm³/mol. The zero-order valence-corrected chi connectivity index (χ0v) is 9.10. The normalized spacial score (nSPS) is 10.9. The van der Waals surface area contributed by atoms with E-state index in [2.05, 4.69) is 15.0 Å². The topological polar surface area (TPSA) is 67.9 Å². The van der Waals surface area contributed by atoms with Gasteiger partial charge in [-0.1, -0.05) is 0 Å². The molecule has 0 spiro atoms. The summed E-state index contributed by atoms with van der Waals surface area (Å²) in [4.78, 5) is 22.5. The lowest BCUT2D eigenvalue weighted by molar-refractivity contribution is 0.415. The van der Waals surface area contributed by atoms with Crippen molar-refractivity contribution in [1.82, 2.24) is 15.0 Å². The van der Waals surface area contributed by atoms with E-state index in [1.54, 1.807) is 13.2 Å².